The van der Waals surface area contributed by atoms with Gasteiger partial charge < -0.3 is 15.2 Å². The molecule has 4 heterocycles. The van der Waals surface area contributed by atoms with E-state index in [1.54, 1.807) is 6.07 Å². The van der Waals surface area contributed by atoms with E-state index in [1.165, 1.54) is 18.6 Å². The molecule has 0 saturated carbocycles. The molecule has 118 valence electrons. The van der Waals surface area contributed by atoms with Gasteiger partial charge in [-0.15, -0.1) is 0 Å². The summed E-state index contributed by atoms with van der Waals surface area (Å²) in [7, 11) is 0. The minimum Gasteiger partial charge on any atom is -0.316 e. The maximum absolute atomic E-state index is 12.7. The van der Waals surface area contributed by atoms with Crippen molar-refractivity contribution in [3.63, 3.8) is 0 Å². The quantitative estimate of drug-likeness (QED) is 0.848. The number of hydrogen-bond donors (Lipinski definition) is 2. The van der Waals surface area contributed by atoms with Gasteiger partial charge in [0.15, 0.2) is 0 Å². The van der Waals surface area contributed by atoms with Crippen LogP contribution in [0.1, 0.15) is 28.5 Å². The Labute approximate surface area is 132 Å². The van der Waals surface area contributed by atoms with Crippen molar-refractivity contribution in [2.75, 3.05) is 18.4 Å². The van der Waals surface area contributed by atoms with Gasteiger partial charge in [0.1, 0.15) is 11.4 Å². The summed E-state index contributed by atoms with van der Waals surface area (Å²) in [5.74, 6) is 0.429. The van der Waals surface area contributed by atoms with Gasteiger partial charge in [0.25, 0.3) is 11.5 Å². The van der Waals surface area contributed by atoms with E-state index in [0.29, 0.717) is 18.4 Å². The number of piperidine rings is 1. The molecular formula is C16H17N5O2. The number of amides is 1. The molecule has 1 fully saturated rings. The maximum atomic E-state index is 12.7. The van der Waals surface area contributed by atoms with Crippen molar-refractivity contribution >= 4 is 11.6 Å². The van der Waals surface area contributed by atoms with Gasteiger partial charge in [0.2, 0.25) is 0 Å². The van der Waals surface area contributed by atoms with Crippen LogP contribution >= 0.6 is 0 Å². The van der Waals surface area contributed by atoms with Gasteiger partial charge >= 0.3 is 0 Å². The van der Waals surface area contributed by atoms with Gasteiger partial charge in [-0.2, -0.15) is 0 Å². The topological polar surface area (TPSA) is 88.9 Å². The van der Waals surface area contributed by atoms with E-state index in [2.05, 4.69) is 20.6 Å². The monoisotopic (exact) mass is 311 g/mol. The smallest absolute Gasteiger partial charge is 0.276 e. The number of nitrogens with zero attached hydrogens (tertiary/aromatic N) is 3. The Hall–Kier alpha value is -2.54. The van der Waals surface area contributed by atoms with E-state index in [1.807, 2.05) is 10.6 Å². The average Bonchev–Trinajstić information content (AvgIpc) is 2.59. The van der Waals surface area contributed by atoms with Gasteiger partial charge in [-0.1, -0.05) is 0 Å². The molecule has 1 amide bonds. The molecule has 2 N–H and O–H groups in total. The number of hydrogen-bond acceptors (Lipinski definition) is 5. The number of anilines is 1. The van der Waals surface area contributed by atoms with Crippen molar-refractivity contribution in [1.29, 1.82) is 0 Å². The van der Waals surface area contributed by atoms with Crippen molar-refractivity contribution < 1.29 is 4.79 Å². The van der Waals surface area contributed by atoms with Crippen LogP contribution in [0.25, 0.3) is 0 Å². The van der Waals surface area contributed by atoms with Crippen LogP contribution in [0.4, 0.5) is 5.69 Å². The second-order valence-electron chi connectivity index (χ2n) is 6.09. The molecule has 2 aliphatic rings. The second kappa shape index (κ2) is 5.58. The minimum atomic E-state index is -0.423. The van der Waals surface area contributed by atoms with Crippen LogP contribution in [0.2, 0.25) is 0 Å². The molecule has 7 heteroatoms. The van der Waals surface area contributed by atoms with Crippen molar-refractivity contribution in [3.8, 4) is 0 Å². The van der Waals surface area contributed by atoms with Crippen molar-refractivity contribution in [1.82, 2.24) is 19.9 Å². The molecular weight excluding hydrogens is 294 g/mol. The largest absolute Gasteiger partial charge is 0.316 e. The number of pyridine rings is 1. The lowest BCUT2D eigenvalue weighted by molar-refractivity contribution is 0.102. The van der Waals surface area contributed by atoms with Crippen molar-refractivity contribution in [2.24, 2.45) is 5.92 Å². The molecule has 2 aromatic heterocycles. The Kier molecular flexibility index (Phi) is 3.42. The predicted octanol–water partition coefficient (Wildman–Crippen LogP) is 0.597. The van der Waals surface area contributed by atoms with E-state index in [0.717, 1.165) is 25.2 Å². The van der Waals surface area contributed by atoms with Crippen LogP contribution in [-0.2, 0) is 6.54 Å². The summed E-state index contributed by atoms with van der Waals surface area (Å²) in [5.41, 5.74) is 1.39. The van der Waals surface area contributed by atoms with Gasteiger partial charge in [0, 0.05) is 37.1 Å². The molecule has 0 unspecified atom stereocenters. The van der Waals surface area contributed by atoms with Gasteiger partial charge in [0.05, 0.1) is 6.20 Å². The first-order valence-electron chi connectivity index (χ1n) is 7.74. The highest BCUT2D eigenvalue weighted by Crippen LogP contribution is 2.32. The molecule has 23 heavy (non-hydrogen) atoms. The SMILES string of the molecule is O=C(Nc1ccc2n(c1=O)C[C@H]1CNC[C@H]2C1)c1cnccn1. The lowest BCUT2D eigenvalue weighted by Crippen LogP contribution is -2.45. The number of aromatic nitrogens is 3. The standard InChI is InChI=1S/C16H17N5O2/c22-15(13-8-17-3-4-19-13)20-12-1-2-14-11-5-10(6-18-7-11)9-21(14)16(12)23/h1-4,8,10-11,18H,5-7,9H2,(H,20,22)/t10-,11-/m1/s1. The lowest BCUT2D eigenvalue weighted by Gasteiger charge is -2.37. The summed E-state index contributed by atoms with van der Waals surface area (Å²) in [6, 6.07) is 3.64. The third kappa shape index (κ3) is 2.53. The zero-order valence-electron chi connectivity index (χ0n) is 12.5. The number of fused-ring (bicyclic) bond motifs is 4. The molecule has 0 radical (unpaired) electrons. The summed E-state index contributed by atoms with van der Waals surface area (Å²) < 4.78 is 1.81. The first-order valence-corrected chi connectivity index (χ1v) is 7.74. The first kappa shape index (κ1) is 14.1. The summed E-state index contributed by atoms with van der Waals surface area (Å²) >= 11 is 0. The Morgan fingerprint density at radius 3 is 3.04 bits per heavy atom. The molecule has 1 saturated heterocycles. The fourth-order valence-corrected chi connectivity index (χ4v) is 3.49. The Morgan fingerprint density at radius 1 is 1.30 bits per heavy atom. The fraction of sp³-hybridized carbons (Fsp3) is 0.375. The van der Waals surface area contributed by atoms with Crippen LogP contribution in [-0.4, -0.2) is 33.5 Å². The lowest BCUT2D eigenvalue weighted by atomic mass is 9.84. The van der Waals surface area contributed by atoms with Gasteiger partial charge in [-0.3, -0.25) is 14.6 Å². The molecule has 2 atom stereocenters. The van der Waals surface area contributed by atoms with E-state index in [-0.39, 0.29) is 16.9 Å². The molecule has 2 aromatic rings. The highest BCUT2D eigenvalue weighted by Gasteiger charge is 2.31. The molecule has 2 bridgehead atoms. The number of nitrogens with one attached hydrogen (secondary N) is 2. The molecule has 0 spiro atoms. The normalized spacial score (nSPS) is 22.3. The Morgan fingerprint density at radius 2 is 2.22 bits per heavy atom. The zero-order valence-corrected chi connectivity index (χ0v) is 12.5. The number of carbonyl (C=O) groups excluding carboxylic acids is 1. The highest BCUT2D eigenvalue weighted by atomic mass is 16.2. The number of carbonyl (C=O) groups is 1. The van der Waals surface area contributed by atoms with Crippen LogP contribution in [0.15, 0.2) is 35.5 Å². The first-order chi connectivity index (χ1) is 11.2. The van der Waals surface area contributed by atoms with Crippen LogP contribution in [0, 0.1) is 5.92 Å². The maximum Gasteiger partial charge on any atom is 0.276 e. The van der Waals surface area contributed by atoms with E-state index >= 15 is 0 Å². The third-order valence-electron chi connectivity index (χ3n) is 4.55. The van der Waals surface area contributed by atoms with Crippen LogP contribution in [0.3, 0.4) is 0 Å². The zero-order chi connectivity index (χ0) is 15.8. The Bertz CT molecular complexity index is 802. The molecule has 2 aliphatic heterocycles. The summed E-state index contributed by atoms with van der Waals surface area (Å²) in [5, 5.41) is 6.07. The van der Waals surface area contributed by atoms with Gasteiger partial charge in [-0.05, 0) is 31.0 Å². The average molecular weight is 311 g/mol. The van der Waals surface area contributed by atoms with Gasteiger partial charge in [-0.25, -0.2) is 4.98 Å². The summed E-state index contributed by atoms with van der Waals surface area (Å²) in [6.45, 7) is 2.55. The van der Waals surface area contributed by atoms with Crippen LogP contribution < -0.4 is 16.2 Å². The van der Waals surface area contributed by atoms with Crippen LogP contribution in [0.5, 0.6) is 0 Å². The molecule has 0 aromatic carbocycles. The fourth-order valence-electron chi connectivity index (χ4n) is 3.49. The molecule has 0 aliphatic carbocycles. The van der Waals surface area contributed by atoms with Crippen molar-refractivity contribution in [3.05, 3.63) is 52.5 Å². The van der Waals surface area contributed by atoms with E-state index < -0.39 is 5.91 Å². The summed E-state index contributed by atoms with van der Waals surface area (Å²) in [6.07, 6.45) is 5.44. The third-order valence-corrected chi connectivity index (χ3v) is 4.55. The summed E-state index contributed by atoms with van der Waals surface area (Å²) in [4.78, 5) is 32.7. The van der Waals surface area contributed by atoms with E-state index in [4.69, 9.17) is 0 Å². The number of rotatable bonds is 2. The highest BCUT2D eigenvalue weighted by molar-refractivity contribution is 6.02. The second-order valence-corrected chi connectivity index (χ2v) is 6.09. The predicted molar refractivity (Wildman–Crippen MR) is 84.4 cm³/mol. The minimum absolute atomic E-state index is 0.142. The molecule has 7 nitrogen and oxygen atoms in total. The van der Waals surface area contributed by atoms with E-state index in [9.17, 15) is 9.59 Å². The van der Waals surface area contributed by atoms with Crippen molar-refractivity contribution in [2.45, 2.75) is 18.9 Å². The Balaban J connectivity index is 1.65. The molecule has 4 rings (SSSR count).